The Balaban J connectivity index is 2.44. The minimum Gasteiger partial charge on any atom is -0.361 e. The van der Waals surface area contributed by atoms with E-state index in [0.717, 1.165) is 6.42 Å². The van der Waals surface area contributed by atoms with Crippen LogP contribution in [0, 0.1) is 11.8 Å². The van der Waals surface area contributed by atoms with Crippen LogP contribution >= 0.6 is 0 Å². The molecule has 2 heteroatoms. The van der Waals surface area contributed by atoms with E-state index in [1.54, 1.807) is 6.92 Å². The topological polar surface area (TPSA) is 29.6 Å². The average molecular weight is 170 g/mol. The third kappa shape index (κ3) is 1.86. The molecule has 0 N–H and O–H groups in total. The zero-order valence-electron chi connectivity index (χ0n) is 8.33. The summed E-state index contributed by atoms with van der Waals surface area (Å²) < 4.78 is 5.34. The molecular formula is C10H18O2. The van der Waals surface area contributed by atoms with E-state index in [9.17, 15) is 4.79 Å². The molecule has 3 atom stereocenters. The molecule has 1 saturated heterocycles. The Morgan fingerprint density at radius 3 is 2.33 bits per heavy atom. The first-order chi connectivity index (χ1) is 5.57. The van der Waals surface area contributed by atoms with E-state index < -0.39 is 0 Å². The van der Waals surface area contributed by atoms with Gasteiger partial charge in [-0.25, -0.2) is 0 Å². The fraction of sp³-hybridized carbons (Fsp3) is 0.900. The predicted octanol–water partition coefficient (Wildman–Crippen LogP) is 2.02. The van der Waals surface area contributed by atoms with Crippen LogP contribution in [0.3, 0.4) is 0 Å². The maximum absolute atomic E-state index is 10.9. The summed E-state index contributed by atoms with van der Waals surface area (Å²) in [6.45, 7) is 8.14. The van der Waals surface area contributed by atoms with Crippen molar-refractivity contribution in [2.24, 2.45) is 11.8 Å². The van der Waals surface area contributed by atoms with E-state index in [-0.39, 0.29) is 18.0 Å². The number of Topliss-reactive ketones (excluding diaryl/α,β-unsaturated/α-hetero) is 1. The fourth-order valence-corrected chi connectivity index (χ4v) is 1.86. The predicted molar refractivity (Wildman–Crippen MR) is 48.0 cm³/mol. The summed E-state index contributed by atoms with van der Waals surface area (Å²) in [6.07, 6.45) is 1.23. The number of epoxide rings is 1. The molecule has 1 heterocycles. The highest BCUT2D eigenvalue weighted by Crippen LogP contribution is 2.36. The molecule has 0 aliphatic carbocycles. The largest absolute Gasteiger partial charge is 0.361 e. The molecule has 0 radical (unpaired) electrons. The Kier molecular flexibility index (Phi) is 2.89. The lowest BCUT2D eigenvalue weighted by molar-refractivity contribution is -0.118. The summed E-state index contributed by atoms with van der Waals surface area (Å²) in [5.74, 6) is 1.35. The third-order valence-electron chi connectivity index (χ3n) is 2.68. The summed E-state index contributed by atoms with van der Waals surface area (Å²) in [4.78, 5) is 10.9. The Labute approximate surface area is 74.3 Å². The molecule has 0 amide bonds. The van der Waals surface area contributed by atoms with Gasteiger partial charge >= 0.3 is 0 Å². The van der Waals surface area contributed by atoms with Gasteiger partial charge in [-0.3, -0.25) is 4.79 Å². The first-order valence-corrected chi connectivity index (χ1v) is 4.73. The molecule has 12 heavy (non-hydrogen) atoms. The molecule has 0 aromatic rings. The van der Waals surface area contributed by atoms with E-state index in [1.165, 1.54) is 0 Å². The van der Waals surface area contributed by atoms with Crippen molar-refractivity contribution in [3.63, 3.8) is 0 Å². The number of hydrogen-bond donors (Lipinski definition) is 0. The number of rotatable bonds is 4. The van der Waals surface area contributed by atoms with E-state index >= 15 is 0 Å². The van der Waals surface area contributed by atoms with Crippen LogP contribution in [0.4, 0.5) is 0 Å². The zero-order valence-corrected chi connectivity index (χ0v) is 8.33. The number of hydrogen-bond acceptors (Lipinski definition) is 2. The first-order valence-electron chi connectivity index (χ1n) is 4.73. The Hall–Kier alpha value is -0.370. The molecule has 0 aromatic carbocycles. The minimum absolute atomic E-state index is 0.0858. The van der Waals surface area contributed by atoms with Gasteiger partial charge in [0.15, 0.2) is 5.78 Å². The highest BCUT2D eigenvalue weighted by molar-refractivity contribution is 5.83. The minimum atomic E-state index is -0.0858. The molecule has 0 saturated carbocycles. The van der Waals surface area contributed by atoms with Gasteiger partial charge in [-0.15, -0.1) is 0 Å². The second-order valence-electron chi connectivity index (χ2n) is 3.95. The van der Waals surface area contributed by atoms with E-state index in [2.05, 4.69) is 20.8 Å². The molecule has 1 aliphatic heterocycles. The van der Waals surface area contributed by atoms with Gasteiger partial charge in [0.2, 0.25) is 0 Å². The number of ketones is 1. The molecule has 2 nitrogen and oxygen atoms in total. The van der Waals surface area contributed by atoms with Crippen molar-refractivity contribution in [3.05, 3.63) is 0 Å². The summed E-state index contributed by atoms with van der Waals surface area (Å²) in [7, 11) is 0. The van der Waals surface area contributed by atoms with Crippen LogP contribution in [0.15, 0.2) is 0 Å². The normalized spacial score (nSPS) is 30.4. The standard InChI is InChI=1S/C10H18O2/c1-5-8(6(2)3)10-9(12-10)7(4)11/h6,8-10H,5H2,1-4H3. The Bertz CT molecular complexity index is 175. The lowest BCUT2D eigenvalue weighted by Gasteiger charge is -2.15. The fourth-order valence-electron chi connectivity index (χ4n) is 1.86. The second-order valence-corrected chi connectivity index (χ2v) is 3.95. The van der Waals surface area contributed by atoms with Crippen LogP contribution in [0.25, 0.3) is 0 Å². The van der Waals surface area contributed by atoms with Crippen LogP contribution in [-0.4, -0.2) is 18.0 Å². The van der Waals surface area contributed by atoms with Crippen molar-refractivity contribution < 1.29 is 9.53 Å². The van der Waals surface area contributed by atoms with Gasteiger partial charge in [-0.1, -0.05) is 27.2 Å². The lowest BCUT2D eigenvalue weighted by Crippen LogP contribution is -2.18. The van der Waals surface area contributed by atoms with Gasteiger partial charge in [-0.2, -0.15) is 0 Å². The quantitative estimate of drug-likeness (QED) is 0.604. The second kappa shape index (κ2) is 3.56. The highest BCUT2D eigenvalue weighted by atomic mass is 16.6. The van der Waals surface area contributed by atoms with Crippen LogP contribution in [0.2, 0.25) is 0 Å². The number of ether oxygens (including phenoxy) is 1. The van der Waals surface area contributed by atoms with Gasteiger partial charge < -0.3 is 4.74 Å². The summed E-state index contributed by atoms with van der Waals surface area (Å²) in [5, 5.41) is 0. The summed E-state index contributed by atoms with van der Waals surface area (Å²) >= 11 is 0. The molecule has 1 aliphatic rings. The van der Waals surface area contributed by atoms with Crippen molar-refractivity contribution >= 4 is 5.78 Å². The van der Waals surface area contributed by atoms with E-state index in [4.69, 9.17) is 4.74 Å². The zero-order chi connectivity index (χ0) is 9.30. The third-order valence-corrected chi connectivity index (χ3v) is 2.68. The monoisotopic (exact) mass is 170 g/mol. The van der Waals surface area contributed by atoms with E-state index in [1.807, 2.05) is 0 Å². The molecule has 1 rings (SSSR count). The lowest BCUT2D eigenvalue weighted by atomic mass is 9.88. The van der Waals surface area contributed by atoms with Crippen LogP contribution in [0.1, 0.15) is 34.1 Å². The SMILES string of the molecule is CCC(C(C)C)C1OC1C(C)=O. The van der Waals surface area contributed by atoms with E-state index in [0.29, 0.717) is 11.8 Å². The van der Waals surface area contributed by atoms with Crippen LogP contribution < -0.4 is 0 Å². The van der Waals surface area contributed by atoms with Gasteiger partial charge in [0.25, 0.3) is 0 Å². The molecular weight excluding hydrogens is 152 g/mol. The van der Waals surface area contributed by atoms with Crippen molar-refractivity contribution in [3.8, 4) is 0 Å². The smallest absolute Gasteiger partial charge is 0.161 e. The molecule has 1 fully saturated rings. The van der Waals surface area contributed by atoms with Gasteiger partial charge in [-0.05, 0) is 18.8 Å². The van der Waals surface area contributed by atoms with Gasteiger partial charge in [0.1, 0.15) is 6.10 Å². The van der Waals surface area contributed by atoms with Crippen molar-refractivity contribution in [2.75, 3.05) is 0 Å². The number of carbonyl (C=O) groups excluding carboxylic acids is 1. The Morgan fingerprint density at radius 2 is 2.08 bits per heavy atom. The Morgan fingerprint density at radius 1 is 1.50 bits per heavy atom. The van der Waals surface area contributed by atoms with Gasteiger partial charge in [0.05, 0.1) is 6.10 Å². The van der Waals surface area contributed by atoms with Crippen LogP contribution in [0.5, 0.6) is 0 Å². The summed E-state index contributed by atoms with van der Waals surface area (Å²) in [6, 6.07) is 0. The first kappa shape index (κ1) is 9.72. The van der Waals surface area contributed by atoms with Crippen molar-refractivity contribution in [2.45, 2.75) is 46.3 Å². The van der Waals surface area contributed by atoms with Gasteiger partial charge in [0, 0.05) is 0 Å². The molecule has 0 aromatic heterocycles. The van der Waals surface area contributed by atoms with Crippen molar-refractivity contribution in [1.82, 2.24) is 0 Å². The molecule has 3 unspecified atom stereocenters. The van der Waals surface area contributed by atoms with Crippen LogP contribution in [-0.2, 0) is 9.53 Å². The average Bonchev–Trinajstić information content (AvgIpc) is 2.68. The number of carbonyl (C=O) groups is 1. The molecule has 0 spiro atoms. The molecule has 70 valence electrons. The summed E-state index contributed by atoms with van der Waals surface area (Å²) in [5.41, 5.74) is 0. The maximum Gasteiger partial charge on any atom is 0.161 e. The molecule has 0 bridgehead atoms. The van der Waals surface area contributed by atoms with Crippen molar-refractivity contribution in [1.29, 1.82) is 0 Å². The highest BCUT2D eigenvalue weighted by Gasteiger charge is 2.47. The maximum atomic E-state index is 10.9.